The molecule has 4 nitrogen and oxygen atoms in total. The number of rotatable bonds is 4. The maximum absolute atomic E-state index is 13.3. The molecule has 2 unspecified atom stereocenters. The van der Waals surface area contributed by atoms with Gasteiger partial charge in [0, 0.05) is 0 Å². The topological polar surface area (TPSA) is 66.8 Å². The van der Waals surface area contributed by atoms with E-state index in [1.807, 2.05) is 0 Å². The smallest absolute Gasteiger partial charge is 0.341 e. The Labute approximate surface area is 109 Å². The van der Waals surface area contributed by atoms with Crippen molar-refractivity contribution in [2.24, 2.45) is 0 Å². The molecular formula is C14H13FO4. The van der Waals surface area contributed by atoms with Crippen molar-refractivity contribution in [3.8, 4) is 5.75 Å². The second-order valence-electron chi connectivity index (χ2n) is 4.16. The van der Waals surface area contributed by atoms with E-state index in [0.717, 1.165) is 10.8 Å². The van der Waals surface area contributed by atoms with E-state index in [2.05, 4.69) is 0 Å². The van der Waals surface area contributed by atoms with E-state index < -0.39 is 18.2 Å². The van der Waals surface area contributed by atoms with Crippen LogP contribution in [0.5, 0.6) is 5.75 Å². The second-order valence-corrected chi connectivity index (χ2v) is 4.16. The average molecular weight is 264 g/mol. The van der Waals surface area contributed by atoms with E-state index in [1.165, 1.54) is 6.07 Å². The Morgan fingerprint density at radius 2 is 1.84 bits per heavy atom. The predicted molar refractivity (Wildman–Crippen MR) is 68.0 cm³/mol. The fourth-order valence-corrected chi connectivity index (χ4v) is 1.86. The number of halogens is 1. The van der Waals surface area contributed by atoms with E-state index >= 15 is 0 Å². The molecule has 2 atom stereocenters. The minimum atomic E-state index is -2.34. The van der Waals surface area contributed by atoms with Crippen molar-refractivity contribution in [2.75, 3.05) is 7.11 Å². The van der Waals surface area contributed by atoms with Gasteiger partial charge in [-0.05, 0) is 34.5 Å². The molecule has 0 aliphatic rings. The van der Waals surface area contributed by atoms with Gasteiger partial charge in [0.1, 0.15) is 11.9 Å². The molecule has 0 radical (unpaired) electrons. The van der Waals surface area contributed by atoms with E-state index in [1.54, 1.807) is 37.4 Å². The molecule has 0 aliphatic heterocycles. The minimum Gasteiger partial charge on any atom is -0.497 e. The summed E-state index contributed by atoms with van der Waals surface area (Å²) in [7, 11) is 1.56. The van der Waals surface area contributed by atoms with Crippen LogP contribution in [0.15, 0.2) is 36.4 Å². The first-order valence-electron chi connectivity index (χ1n) is 5.65. The highest BCUT2D eigenvalue weighted by Crippen LogP contribution is 2.26. The first-order chi connectivity index (χ1) is 9.02. The number of carboxylic acids is 1. The molecule has 0 spiro atoms. The van der Waals surface area contributed by atoms with E-state index in [-0.39, 0.29) is 5.56 Å². The summed E-state index contributed by atoms with van der Waals surface area (Å²) in [6.07, 6.45) is -4.01. The number of fused-ring (bicyclic) bond motifs is 1. The van der Waals surface area contributed by atoms with E-state index in [4.69, 9.17) is 9.84 Å². The van der Waals surface area contributed by atoms with Gasteiger partial charge in [-0.1, -0.05) is 18.2 Å². The molecule has 0 amide bonds. The fourth-order valence-electron chi connectivity index (χ4n) is 1.86. The van der Waals surface area contributed by atoms with Crippen molar-refractivity contribution in [1.82, 2.24) is 0 Å². The lowest BCUT2D eigenvalue weighted by molar-refractivity contribution is -0.147. The molecule has 0 fully saturated rings. The van der Waals surface area contributed by atoms with Crippen molar-refractivity contribution in [2.45, 2.75) is 12.3 Å². The molecule has 0 saturated heterocycles. The molecule has 0 heterocycles. The number of carboxylic acid groups (broad SMARTS) is 1. The van der Waals surface area contributed by atoms with Crippen LogP contribution in [0, 0.1) is 0 Å². The van der Waals surface area contributed by atoms with E-state index in [0.29, 0.717) is 5.75 Å². The summed E-state index contributed by atoms with van der Waals surface area (Å²) in [5.41, 5.74) is 0.229. The fraction of sp³-hybridized carbons (Fsp3) is 0.214. The van der Waals surface area contributed by atoms with Gasteiger partial charge in [0.2, 0.25) is 6.17 Å². The largest absolute Gasteiger partial charge is 0.497 e. The van der Waals surface area contributed by atoms with Crippen LogP contribution in [0.4, 0.5) is 4.39 Å². The van der Waals surface area contributed by atoms with Crippen molar-refractivity contribution < 1.29 is 24.1 Å². The third kappa shape index (κ3) is 2.66. The van der Waals surface area contributed by atoms with Gasteiger partial charge in [-0.2, -0.15) is 0 Å². The molecule has 2 N–H and O–H groups in total. The Bertz CT molecular complexity index is 611. The summed E-state index contributed by atoms with van der Waals surface area (Å²) in [5, 5.41) is 19.8. The number of aliphatic carboxylic acids is 1. The van der Waals surface area contributed by atoms with Gasteiger partial charge in [0.05, 0.1) is 7.11 Å². The Hall–Kier alpha value is -2.14. The molecule has 0 saturated carbocycles. The minimum absolute atomic E-state index is 0.229. The number of benzene rings is 2. The van der Waals surface area contributed by atoms with Crippen LogP contribution in [-0.2, 0) is 4.79 Å². The highest BCUT2D eigenvalue weighted by atomic mass is 19.1. The third-order valence-electron chi connectivity index (χ3n) is 2.93. The highest BCUT2D eigenvalue weighted by Gasteiger charge is 2.27. The molecule has 0 aliphatic carbocycles. The zero-order chi connectivity index (χ0) is 14.0. The van der Waals surface area contributed by atoms with Crippen LogP contribution in [-0.4, -0.2) is 29.5 Å². The molecular weight excluding hydrogens is 251 g/mol. The number of aliphatic hydroxyl groups excluding tert-OH is 1. The zero-order valence-electron chi connectivity index (χ0n) is 10.2. The number of aliphatic hydroxyl groups is 1. The monoisotopic (exact) mass is 264 g/mol. The lowest BCUT2D eigenvalue weighted by atomic mass is 10.0. The standard InChI is InChI=1S/C14H13FO4/c1-19-11-5-4-8-6-10(3-2-9(8)7-11)13(16)12(15)14(17)18/h2-7,12-13,16H,1H3,(H,17,18). The van der Waals surface area contributed by atoms with Crippen molar-refractivity contribution in [1.29, 1.82) is 0 Å². The van der Waals surface area contributed by atoms with Crippen LogP contribution in [0.25, 0.3) is 10.8 Å². The number of hydrogen-bond donors (Lipinski definition) is 2. The molecule has 0 aromatic heterocycles. The summed E-state index contributed by atoms with van der Waals surface area (Å²) in [4.78, 5) is 10.5. The molecule has 2 aromatic rings. The first kappa shape index (κ1) is 13.3. The van der Waals surface area contributed by atoms with Gasteiger partial charge in [-0.3, -0.25) is 0 Å². The SMILES string of the molecule is COc1ccc2cc(C(O)C(F)C(=O)O)ccc2c1. The lowest BCUT2D eigenvalue weighted by Crippen LogP contribution is -2.23. The summed E-state index contributed by atoms with van der Waals surface area (Å²) in [6.45, 7) is 0. The van der Waals surface area contributed by atoms with E-state index in [9.17, 15) is 14.3 Å². The van der Waals surface area contributed by atoms with Crippen LogP contribution >= 0.6 is 0 Å². The van der Waals surface area contributed by atoms with Gasteiger partial charge in [0.25, 0.3) is 0 Å². The number of ether oxygens (including phenoxy) is 1. The van der Waals surface area contributed by atoms with Crippen LogP contribution in [0.2, 0.25) is 0 Å². The molecule has 2 aromatic carbocycles. The number of alkyl halides is 1. The summed E-state index contributed by atoms with van der Waals surface area (Å²) >= 11 is 0. The maximum atomic E-state index is 13.3. The third-order valence-corrected chi connectivity index (χ3v) is 2.93. The molecule has 100 valence electrons. The number of methoxy groups -OCH3 is 1. The Kier molecular flexibility index (Phi) is 3.66. The van der Waals surface area contributed by atoms with Gasteiger partial charge in [0.15, 0.2) is 0 Å². The first-order valence-corrected chi connectivity index (χ1v) is 5.65. The van der Waals surface area contributed by atoms with Crippen LogP contribution in [0.3, 0.4) is 0 Å². The van der Waals surface area contributed by atoms with Crippen molar-refractivity contribution in [3.05, 3.63) is 42.0 Å². The molecule has 0 bridgehead atoms. The molecule has 19 heavy (non-hydrogen) atoms. The van der Waals surface area contributed by atoms with Gasteiger partial charge in [-0.15, -0.1) is 0 Å². The Morgan fingerprint density at radius 1 is 1.21 bits per heavy atom. The van der Waals surface area contributed by atoms with Crippen molar-refractivity contribution >= 4 is 16.7 Å². The van der Waals surface area contributed by atoms with Gasteiger partial charge < -0.3 is 14.9 Å². The van der Waals surface area contributed by atoms with Crippen LogP contribution in [0.1, 0.15) is 11.7 Å². The normalized spacial score (nSPS) is 14.1. The van der Waals surface area contributed by atoms with Gasteiger partial charge >= 0.3 is 5.97 Å². The predicted octanol–water partition coefficient (Wildman–Crippen LogP) is 2.30. The Balaban J connectivity index is 2.39. The summed E-state index contributed by atoms with van der Waals surface area (Å²) in [5.74, 6) is -0.989. The van der Waals surface area contributed by atoms with Crippen LogP contribution < -0.4 is 4.74 Å². The maximum Gasteiger partial charge on any atom is 0.341 e. The summed E-state index contributed by atoms with van der Waals surface area (Å²) in [6, 6.07) is 10.1. The lowest BCUT2D eigenvalue weighted by Gasteiger charge is -2.13. The van der Waals surface area contributed by atoms with Crippen molar-refractivity contribution in [3.63, 3.8) is 0 Å². The highest BCUT2D eigenvalue weighted by molar-refractivity contribution is 5.85. The zero-order valence-corrected chi connectivity index (χ0v) is 10.2. The molecule has 2 rings (SSSR count). The number of hydrogen-bond acceptors (Lipinski definition) is 3. The van der Waals surface area contributed by atoms with Gasteiger partial charge in [-0.25, -0.2) is 9.18 Å². The number of carbonyl (C=O) groups is 1. The average Bonchev–Trinajstić information content (AvgIpc) is 2.44. The second kappa shape index (κ2) is 5.24. The Morgan fingerprint density at radius 3 is 2.47 bits per heavy atom. The quantitative estimate of drug-likeness (QED) is 0.889. The summed E-state index contributed by atoms with van der Waals surface area (Å²) < 4.78 is 18.3. The molecule has 5 heteroatoms.